The molecule has 0 bridgehead atoms. The molecule has 120 valence electrons. The third kappa shape index (κ3) is 6.26. The predicted octanol–water partition coefficient (Wildman–Crippen LogP) is 2.37. The zero-order chi connectivity index (χ0) is 16.3. The predicted molar refractivity (Wildman–Crippen MR) is 68.5 cm³/mol. The lowest BCUT2D eigenvalue weighted by atomic mass is 10.1. The van der Waals surface area contributed by atoms with Gasteiger partial charge in [-0.3, -0.25) is 0 Å². The van der Waals surface area contributed by atoms with Gasteiger partial charge in [0.15, 0.2) is 0 Å². The van der Waals surface area contributed by atoms with Crippen LogP contribution in [0.25, 0.3) is 0 Å². The first kappa shape index (κ1) is 17.6. The second kappa shape index (κ2) is 6.57. The molecule has 1 aromatic rings. The van der Waals surface area contributed by atoms with Gasteiger partial charge in [0, 0.05) is 12.1 Å². The summed E-state index contributed by atoms with van der Waals surface area (Å²) in [6.45, 7) is 5.40. The Morgan fingerprint density at radius 3 is 2.48 bits per heavy atom. The molecular formula is C13H18F4N2O2. The van der Waals surface area contributed by atoms with Gasteiger partial charge in [0.1, 0.15) is 24.1 Å². The van der Waals surface area contributed by atoms with Gasteiger partial charge in [0.25, 0.3) is 0 Å². The highest BCUT2D eigenvalue weighted by Gasteiger charge is 2.36. The Kier molecular flexibility index (Phi) is 5.52. The maximum Gasteiger partial charge on any atom is 0.421 e. The minimum absolute atomic E-state index is 0.145. The molecule has 0 spiro atoms. The molecule has 21 heavy (non-hydrogen) atoms. The second-order valence-electron chi connectivity index (χ2n) is 5.60. The van der Waals surface area contributed by atoms with Crippen molar-refractivity contribution < 1.29 is 27.4 Å². The van der Waals surface area contributed by atoms with Crippen molar-refractivity contribution >= 4 is 0 Å². The molecule has 1 aromatic heterocycles. The van der Waals surface area contributed by atoms with E-state index in [-0.39, 0.29) is 18.7 Å². The summed E-state index contributed by atoms with van der Waals surface area (Å²) < 4.78 is 55.8. The number of ether oxygens (including phenoxy) is 1. The molecule has 2 N–H and O–H groups in total. The van der Waals surface area contributed by atoms with Crippen LogP contribution in [0.4, 0.5) is 17.6 Å². The van der Waals surface area contributed by atoms with Crippen LogP contribution in [-0.4, -0.2) is 34.9 Å². The Labute approximate surface area is 120 Å². The summed E-state index contributed by atoms with van der Waals surface area (Å²) in [5, 5.41) is 12.6. The molecule has 0 saturated heterocycles. The Balaban J connectivity index is 2.67. The van der Waals surface area contributed by atoms with E-state index in [1.807, 2.05) is 20.8 Å². The minimum atomic E-state index is -4.78. The highest BCUT2D eigenvalue weighted by Crippen LogP contribution is 2.35. The molecule has 4 nitrogen and oxygen atoms in total. The van der Waals surface area contributed by atoms with Crippen LogP contribution in [0.3, 0.4) is 0 Å². The zero-order valence-electron chi connectivity index (χ0n) is 12.0. The Morgan fingerprint density at radius 2 is 1.95 bits per heavy atom. The SMILES string of the molecule is CC(C)(C)NC[C@H](O)COc1ncc(F)cc1C(F)(F)F. The first-order chi connectivity index (χ1) is 9.49. The van der Waals surface area contributed by atoms with Gasteiger partial charge in [0.05, 0.1) is 6.20 Å². The summed E-state index contributed by atoms with van der Waals surface area (Å²) in [6, 6.07) is 0.308. The number of halogens is 4. The second-order valence-corrected chi connectivity index (χ2v) is 5.60. The number of β-amino-alcohol motifs (C(OH)–C–C–N with tert-alkyl or cyclic N) is 1. The molecule has 1 rings (SSSR count). The molecule has 0 saturated carbocycles. The molecule has 1 atom stereocenters. The molecule has 0 fully saturated rings. The lowest BCUT2D eigenvalue weighted by Gasteiger charge is -2.23. The monoisotopic (exact) mass is 310 g/mol. The van der Waals surface area contributed by atoms with Gasteiger partial charge in [-0.1, -0.05) is 0 Å². The third-order valence-corrected chi connectivity index (χ3v) is 2.40. The van der Waals surface area contributed by atoms with Gasteiger partial charge in [0.2, 0.25) is 5.88 Å². The largest absolute Gasteiger partial charge is 0.474 e. The minimum Gasteiger partial charge on any atom is -0.474 e. The van der Waals surface area contributed by atoms with Crippen LogP contribution >= 0.6 is 0 Å². The molecule has 0 aliphatic carbocycles. The van der Waals surface area contributed by atoms with Crippen molar-refractivity contribution in [1.29, 1.82) is 0 Å². The smallest absolute Gasteiger partial charge is 0.421 e. The van der Waals surface area contributed by atoms with Gasteiger partial charge < -0.3 is 15.2 Å². The van der Waals surface area contributed by atoms with Crippen molar-refractivity contribution in [2.45, 2.75) is 38.6 Å². The van der Waals surface area contributed by atoms with E-state index in [0.29, 0.717) is 12.3 Å². The molecule has 0 amide bonds. The molecular weight excluding hydrogens is 292 g/mol. The molecule has 1 heterocycles. The van der Waals surface area contributed by atoms with E-state index in [1.54, 1.807) is 0 Å². The zero-order valence-corrected chi connectivity index (χ0v) is 12.0. The molecule has 0 aliphatic heterocycles. The number of rotatable bonds is 5. The number of nitrogens with zero attached hydrogens (tertiary/aromatic N) is 1. The molecule has 8 heteroatoms. The van der Waals surface area contributed by atoms with E-state index in [0.717, 1.165) is 0 Å². The van der Waals surface area contributed by atoms with E-state index in [2.05, 4.69) is 10.3 Å². The number of pyridine rings is 1. The molecule has 0 unspecified atom stereocenters. The Bertz CT molecular complexity index is 472. The summed E-state index contributed by atoms with van der Waals surface area (Å²) in [5.74, 6) is -1.86. The maximum absolute atomic E-state index is 12.9. The number of aromatic nitrogens is 1. The molecule has 0 radical (unpaired) electrons. The van der Waals surface area contributed by atoms with Gasteiger partial charge in [-0.15, -0.1) is 0 Å². The fraction of sp³-hybridized carbons (Fsp3) is 0.615. The lowest BCUT2D eigenvalue weighted by Crippen LogP contribution is -2.42. The third-order valence-electron chi connectivity index (χ3n) is 2.40. The number of alkyl halides is 3. The lowest BCUT2D eigenvalue weighted by molar-refractivity contribution is -0.139. The maximum atomic E-state index is 12.9. The quantitative estimate of drug-likeness (QED) is 0.820. The van der Waals surface area contributed by atoms with E-state index in [1.165, 1.54) is 0 Å². The average molecular weight is 310 g/mol. The molecule has 0 aromatic carbocycles. The number of aliphatic hydroxyl groups is 1. The van der Waals surface area contributed by atoms with Crippen molar-refractivity contribution in [3.05, 3.63) is 23.6 Å². The van der Waals surface area contributed by atoms with E-state index >= 15 is 0 Å². The topological polar surface area (TPSA) is 54.4 Å². The van der Waals surface area contributed by atoms with Crippen LogP contribution in [0.5, 0.6) is 5.88 Å². The first-order valence-corrected chi connectivity index (χ1v) is 6.27. The van der Waals surface area contributed by atoms with Gasteiger partial charge in [-0.2, -0.15) is 13.2 Å². The van der Waals surface area contributed by atoms with E-state index < -0.39 is 29.5 Å². The summed E-state index contributed by atoms with van der Waals surface area (Å²) in [5.41, 5.74) is -1.55. The number of hydrogen-bond donors (Lipinski definition) is 2. The van der Waals surface area contributed by atoms with Crippen molar-refractivity contribution in [2.75, 3.05) is 13.2 Å². The summed E-state index contributed by atoms with van der Waals surface area (Å²) in [4.78, 5) is 3.28. The van der Waals surface area contributed by atoms with Gasteiger partial charge >= 0.3 is 6.18 Å². The fourth-order valence-electron chi connectivity index (χ4n) is 1.40. The summed E-state index contributed by atoms with van der Waals surface area (Å²) in [7, 11) is 0. The molecule has 0 aliphatic rings. The number of nitrogens with one attached hydrogen (secondary N) is 1. The van der Waals surface area contributed by atoms with Crippen LogP contribution in [0.15, 0.2) is 12.3 Å². The highest BCUT2D eigenvalue weighted by atomic mass is 19.4. The van der Waals surface area contributed by atoms with Crippen LogP contribution in [0, 0.1) is 5.82 Å². The van der Waals surface area contributed by atoms with Gasteiger partial charge in [-0.05, 0) is 26.8 Å². The fourth-order valence-corrected chi connectivity index (χ4v) is 1.40. The average Bonchev–Trinajstić information content (AvgIpc) is 2.32. The van der Waals surface area contributed by atoms with Crippen molar-refractivity contribution in [2.24, 2.45) is 0 Å². The van der Waals surface area contributed by atoms with Crippen LogP contribution in [0.1, 0.15) is 26.3 Å². The van der Waals surface area contributed by atoms with E-state index in [4.69, 9.17) is 4.74 Å². The van der Waals surface area contributed by atoms with Crippen LogP contribution < -0.4 is 10.1 Å². The van der Waals surface area contributed by atoms with Crippen LogP contribution in [-0.2, 0) is 6.18 Å². The van der Waals surface area contributed by atoms with Crippen LogP contribution in [0.2, 0.25) is 0 Å². The first-order valence-electron chi connectivity index (χ1n) is 6.27. The van der Waals surface area contributed by atoms with Gasteiger partial charge in [-0.25, -0.2) is 9.37 Å². The number of aliphatic hydroxyl groups excluding tert-OH is 1. The van der Waals surface area contributed by atoms with E-state index in [9.17, 15) is 22.7 Å². The Hall–Kier alpha value is -1.41. The normalized spacial score (nSPS) is 14.1. The van der Waals surface area contributed by atoms with Crippen molar-refractivity contribution in [3.8, 4) is 5.88 Å². The standard InChI is InChI=1S/C13H18F4N2O2/c1-12(2,3)19-6-9(20)7-21-11-10(13(15,16)17)4-8(14)5-18-11/h4-5,9,19-20H,6-7H2,1-3H3/t9-/m0/s1. The Morgan fingerprint density at radius 1 is 1.33 bits per heavy atom. The van der Waals surface area contributed by atoms with Crippen molar-refractivity contribution in [3.63, 3.8) is 0 Å². The summed E-state index contributed by atoms with van der Waals surface area (Å²) >= 11 is 0. The summed E-state index contributed by atoms with van der Waals surface area (Å²) in [6.07, 6.45) is -5.17. The van der Waals surface area contributed by atoms with Crippen molar-refractivity contribution in [1.82, 2.24) is 10.3 Å². The number of hydrogen-bond acceptors (Lipinski definition) is 4. The highest BCUT2D eigenvalue weighted by molar-refractivity contribution is 5.29.